The van der Waals surface area contributed by atoms with Crippen molar-refractivity contribution in [3.63, 3.8) is 0 Å². The van der Waals surface area contributed by atoms with Gasteiger partial charge in [0.25, 0.3) is 11.8 Å². The molecule has 2 amide bonds. The summed E-state index contributed by atoms with van der Waals surface area (Å²) in [6.45, 7) is 0. The molecule has 6 heteroatoms. The minimum Gasteiger partial charge on any atom is -0.437 e. The van der Waals surface area contributed by atoms with E-state index in [1.807, 2.05) is 0 Å². The van der Waals surface area contributed by atoms with Gasteiger partial charge in [-0.25, -0.2) is 9.69 Å². The first-order valence-electron chi connectivity index (χ1n) is 7.42. The van der Waals surface area contributed by atoms with Crippen LogP contribution in [0, 0.1) is 0 Å². The van der Waals surface area contributed by atoms with E-state index in [0.29, 0.717) is 28.4 Å². The second-order valence-electron chi connectivity index (χ2n) is 5.23. The van der Waals surface area contributed by atoms with Crippen LogP contribution >= 0.6 is 15.9 Å². The quantitative estimate of drug-likeness (QED) is 0.448. The highest BCUT2D eigenvalue weighted by Crippen LogP contribution is 2.26. The monoisotopic (exact) mass is 387 g/mol. The first-order valence-corrected chi connectivity index (χ1v) is 8.54. The van der Waals surface area contributed by atoms with Crippen LogP contribution in [-0.2, 0) is 4.74 Å². The molecule has 0 aromatic heterocycles. The molecule has 1 unspecified atom stereocenters. The fourth-order valence-electron chi connectivity index (χ4n) is 2.57. The normalized spacial score (nSPS) is 14.5. The van der Waals surface area contributed by atoms with Gasteiger partial charge in [0.1, 0.15) is 0 Å². The van der Waals surface area contributed by atoms with Crippen molar-refractivity contribution in [1.82, 2.24) is 4.90 Å². The van der Waals surface area contributed by atoms with Gasteiger partial charge in [-0.05, 0) is 24.3 Å². The van der Waals surface area contributed by atoms with E-state index in [2.05, 4.69) is 15.9 Å². The molecule has 0 aliphatic carbocycles. The number of nitrogens with zero attached hydrogens (tertiary/aromatic N) is 1. The molecule has 24 heavy (non-hydrogen) atoms. The summed E-state index contributed by atoms with van der Waals surface area (Å²) >= 11 is 3.28. The first-order chi connectivity index (χ1) is 11.6. The molecule has 1 aliphatic heterocycles. The van der Waals surface area contributed by atoms with E-state index in [9.17, 15) is 14.4 Å². The van der Waals surface area contributed by atoms with Gasteiger partial charge in [0.2, 0.25) is 0 Å². The molecule has 0 N–H and O–H groups in total. The Hall–Kier alpha value is -2.47. The number of benzene rings is 2. The molecule has 0 spiro atoms. The summed E-state index contributed by atoms with van der Waals surface area (Å²) in [4.78, 5) is 38.4. The van der Waals surface area contributed by atoms with Crippen molar-refractivity contribution in [2.45, 2.75) is 12.6 Å². The molecular weight excluding hydrogens is 374 g/mol. The first kappa shape index (κ1) is 16.4. The lowest BCUT2D eigenvalue weighted by Gasteiger charge is -2.25. The predicted molar refractivity (Wildman–Crippen MR) is 91.0 cm³/mol. The summed E-state index contributed by atoms with van der Waals surface area (Å²) < 4.78 is 5.45. The SMILES string of the molecule is O=C(OC(CCBr)N1C(=O)c2ccccc2C1=O)c1ccccc1. The largest absolute Gasteiger partial charge is 0.437 e. The van der Waals surface area contributed by atoms with Crippen molar-refractivity contribution in [3.05, 3.63) is 71.3 Å². The minimum absolute atomic E-state index is 0.310. The maximum absolute atomic E-state index is 12.5. The molecular formula is C18H14BrNO4. The van der Waals surface area contributed by atoms with Crippen LogP contribution in [0.5, 0.6) is 0 Å². The zero-order valence-corrected chi connectivity index (χ0v) is 14.2. The van der Waals surface area contributed by atoms with Crippen molar-refractivity contribution < 1.29 is 19.1 Å². The number of carbonyl (C=O) groups is 3. The standard InChI is InChI=1S/C18H14BrNO4/c19-11-10-15(24-18(23)12-6-2-1-3-7-12)20-16(21)13-8-4-5-9-14(13)17(20)22/h1-9,15H,10-11H2. The highest BCUT2D eigenvalue weighted by Gasteiger charge is 2.41. The van der Waals surface area contributed by atoms with Crippen molar-refractivity contribution in [3.8, 4) is 0 Å². The molecule has 122 valence electrons. The van der Waals surface area contributed by atoms with Crippen LogP contribution in [0.25, 0.3) is 0 Å². The third-order valence-corrected chi connectivity index (χ3v) is 4.18. The Balaban J connectivity index is 1.86. The Morgan fingerprint density at radius 3 is 2.04 bits per heavy atom. The third kappa shape index (κ3) is 2.97. The van der Waals surface area contributed by atoms with Crippen LogP contribution in [0.1, 0.15) is 37.5 Å². The second kappa shape index (κ2) is 6.97. The van der Waals surface area contributed by atoms with Crippen LogP contribution in [0.15, 0.2) is 54.6 Å². The van der Waals surface area contributed by atoms with Crippen molar-refractivity contribution in [2.75, 3.05) is 5.33 Å². The number of ether oxygens (including phenoxy) is 1. The lowest BCUT2D eigenvalue weighted by molar-refractivity contribution is -0.0160. The van der Waals surface area contributed by atoms with Crippen molar-refractivity contribution in [2.24, 2.45) is 0 Å². The number of fused-ring (bicyclic) bond motifs is 1. The fourth-order valence-corrected chi connectivity index (χ4v) is 2.96. The minimum atomic E-state index is -0.954. The smallest absolute Gasteiger partial charge is 0.340 e. The summed E-state index contributed by atoms with van der Waals surface area (Å²) in [5.74, 6) is -1.46. The molecule has 1 aliphatic rings. The molecule has 3 rings (SSSR count). The average molecular weight is 388 g/mol. The number of hydrogen-bond donors (Lipinski definition) is 0. The Morgan fingerprint density at radius 1 is 0.958 bits per heavy atom. The van der Waals surface area contributed by atoms with Crippen LogP contribution in [-0.4, -0.2) is 34.2 Å². The van der Waals surface area contributed by atoms with E-state index in [1.165, 1.54) is 0 Å². The number of hydrogen-bond acceptors (Lipinski definition) is 4. The number of rotatable bonds is 5. The number of alkyl halides is 1. The highest BCUT2D eigenvalue weighted by molar-refractivity contribution is 9.09. The van der Waals surface area contributed by atoms with Crippen molar-refractivity contribution >= 4 is 33.7 Å². The molecule has 0 saturated carbocycles. The Morgan fingerprint density at radius 2 is 1.50 bits per heavy atom. The number of esters is 1. The molecule has 0 saturated heterocycles. The van der Waals surface area contributed by atoms with E-state index in [4.69, 9.17) is 4.74 Å². The molecule has 2 aromatic rings. The Labute approximate surface area is 147 Å². The summed E-state index contributed by atoms with van der Waals surface area (Å²) in [6.07, 6.45) is -0.645. The van der Waals surface area contributed by atoms with Crippen LogP contribution in [0.3, 0.4) is 0 Å². The van der Waals surface area contributed by atoms with E-state index in [1.54, 1.807) is 54.6 Å². The summed E-state index contributed by atoms with van der Waals surface area (Å²) in [7, 11) is 0. The van der Waals surface area contributed by atoms with Gasteiger partial charge in [-0.1, -0.05) is 46.3 Å². The average Bonchev–Trinajstić information content (AvgIpc) is 2.87. The van der Waals surface area contributed by atoms with Gasteiger partial charge in [0.15, 0.2) is 6.23 Å². The Kier molecular flexibility index (Phi) is 4.76. The van der Waals surface area contributed by atoms with Crippen LogP contribution < -0.4 is 0 Å². The van der Waals surface area contributed by atoms with E-state index >= 15 is 0 Å². The lowest BCUT2D eigenvalue weighted by atomic mass is 10.1. The summed E-state index contributed by atoms with van der Waals surface area (Å²) in [5.41, 5.74) is 1.03. The maximum atomic E-state index is 12.5. The van der Waals surface area contributed by atoms with Gasteiger partial charge in [0, 0.05) is 11.8 Å². The second-order valence-corrected chi connectivity index (χ2v) is 6.02. The number of halogens is 1. The molecule has 1 heterocycles. The van der Waals surface area contributed by atoms with Gasteiger partial charge in [0.05, 0.1) is 16.7 Å². The fraction of sp³-hybridized carbons (Fsp3) is 0.167. The zero-order valence-electron chi connectivity index (χ0n) is 12.6. The van der Waals surface area contributed by atoms with Gasteiger partial charge in [-0.15, -0.1) is 0 Å². The highest BCUT2D eigenvalue weighted by atomic mass is 79.9. The topological polar surface area (TPSA) is 63.7 Å². The van der Waals surface area contributed by atoms with E-state index in [-0.39, 0.29) is 0 Å². The van der Waals surface area contributed by atoms with Gasteiger partial charge in [-0.2, -0.15) is 0 Å². The van der Waals surface area contributed by atoms with Crippen LogP contribution in [0.4, 0.5) is 0 Å². The number of carbonyl (C=O) groups excluding carboxylic acids is 3. The van der Waals surface area contributed by atoms with Crippen molar-refractivity contribution in [1.29, 1.82) is 0 Å². The van der Waals surface area contributed by atoms with Gasteiger partial charge < -0.3 is 4.74 Å². The van der Waals surface area contributed by atoms with E-state index in [0.717, 1.165) is 4.90 Å². The third-order valence-electron chi connectivity index (χ3n) is 3.72. The summed E-state index contributed by atoms with van der Waals surface area (Å²) in [6, 6.07) is 15.1. The maximum Gasteiger partial charge on any atom is 0.340 e. The van der Waals surface area contributed by atoms with Gasteiger partial charge in [-0.3, -0.25) is 9.59 Å². The number of amides is 2. The number of imide groups is 1. The van der Waals surface area contributed by atoms with Gasteiger partial charge >= 0.3 is 5.97 Å². The molecule has 5 nitrogen and oxygen atoms in total. The molecule has 1 atom stereocenters. The van der Waals surface area contributed by atoms with Crippen LogP contribution in [0.2, 0.25) is 0 Å². The summed E-state index contributed by atoms with van der Waals surface area (Å²) in [5, 5.41) is 0.479. The van der Waals surface area contributed by atoms with E-state index < -0.39 is 24.0 Å². The molecule has 2 aromatic carbocycles. The molecule has 0 bridgehead atoms. The molecule has 0 fully saturated rings. The zero-order chi connectivity index (χ0) is 17.1. The molecule has 0 radical (unpaired) electrons. The predicted octanol–water partition coefficient (Wildman–Crippen LogP) is 3.25. The Bertz CT molecular complexity index is 756. The lowest BCUT2D eigenvalue weighted by Crippen LogP contribution is -2.43.